The normalized spacial score (nSPS) is 23.4. The maximum atomic E-state index is 12.3. The minimum Gasteiger partial charge on any atom is -0.475 e. The Morgan fingerprint density at radius 3 is 2.56 bits per heavy atom. The Morgan fingerprint density at radius 2 is 2.03 bits per heavy atom. The van der Waals surface area contributed by atoms with Crippen LogP contribution in [0.3, 0.4) is 0 Å². The van der Waals surface area contributed by atoms with Crippen LogP contribution >= 0.6 is 0 Å². The fourth-order valence-electron chi connectivity index (χ4n) is 4.52. The van der Waals surface area contributed by atoms with Gasteiger partial charge in [-0.05, 0) is 18.8 Å². The van der Waals surface area contributed by atoms with Crippen LogP contribution in [0.25, 0.3) is 0 Å². The zero-order valence-electron chi connectivity index (χ0n) is 17.8. The molecule has 0 aliphatic carbocycles. The molecule has 2 aromatic rings. The number of carbonyl (C=O) groups excluding carboxylic acids is 1. The van der Waals surface area contributed by atoms with Gasteiger partial charge in [0.1, 0.15) is 18.5 Å². The summed E-state index contributed by atoms with van der Waals surface area (Å²) < 4.78 is 35.7. The molecule has 0 saturated carbocycles. The molecule has 4 rings (SSSR count). The highest BCUT2D eigenvalue weighted by molar-refractivity contribution is 5.74. The number of likely N-dealkylation sites (tertiary alicyclic amines) is 2. The molecule has 0 bridgehead atoms. The highest BCUT2D eigenvalue weighted by Crippen LogP contribution is 2.36. The second-order valence-electron chi connectivity index (χ2n) is 8.04. The average Bonchev–Trinajstić information content (AvgIpc) is 3.42. The Labute approximate surface area is 182 Å². The molecule has 13 heteroatoms. The number of piperidine rings is 1. The lowest BCUT2D eigenvalue weighted by molar-refractivity contribution is -0.192. The fraction of sp³-hybridized carbons (Fsp3) is 0.632. The lowest BCUT2D eigenvalue weighted by Crippen LogP contribution is -2.48. The van der Waals surface area contributed by atoms with E-state index in [1.165, 1.54) is 0 Å². The van der Waals surface area contributed by atoms with Crippen molar-refractivity contribution in [1.82, 2.24) is 34.1 Å². The fourth-order valence-corrected chi connectivity index (χ4v) is 4.52. The Morgan fingerprint density at radius 1 is 1.31 bits per heavy atom. The molecule has 2 aliphatic heterocycles. The van der Waals surface area contributed by atoms with Crippen LogP contribution in [0.2, 0.25) is 0 Å². The van der Waals surface area contributed by atoms with Crippen molar-refractivity contribution in [2.45, 2.75) is 51.1 Å². The summed E-state index contributed by atoms with van der Waals surface area (Å²) in [5.74, 6) is -0.965. The van der Waals surface area contributed by atoms with Crippen molar-refractivity contribution in [1.29, 1.82) is 0 Å². The molecular formula is C19H26F3N7O3. The standard InChI is InChI=1S/C17H25N7O.C2HF3O2/c1-13(25)24-15(9-23-12-18-11-20-23)7-14-8-22(5-3-16(14)24)10-17-19-4-6-21(17)2;3-2(4,5)1(6)7/h4,6,11-12,14-16H,3,5,7-10H2,1-2H3;(H,6,7)/t14-,15+,16+;/m1./s1. The van der Waals surface area contributed by atoms with E-state index in [4.69, 9.17) is 9.90 Å². The van der Waals surface area contributed by atoms with Crippen molar-refractivity contribution in [2.75, 3.05) is 13.1 Å². The zero-order valence-corrected chi connectivity index (χ0v) is 17.8. The third-order valence-corrected chi connectivity index (χ3v) is 5.86. The first-order valence-electron chi connectivity index (χ1n) is 10.2. The topological polar surface area (TPSA) is 109 Å². The van der Waals surface area contributed by atoms with Crippen molar-refractivity contribution in [3.05, 3.63) is 30.9 Å². The van der Waals surface area contributed by atoms with Gasteiger partial charge >= 0.3 is 12.1 Å². The Balaban J connectivity index is 0.000000360. The monoisotopic (exact) mass is 457 g/mol. The van der Waals surface area contributed by atoms with Gasteiger partial charge in [0.25, 0.3) is 0 Å². The van der Waals surface area contributed by atoms with Gasteiger partial charge in [0.05, 0.1) is 19.1 Å². The third kappa shape index (κ3) is 5.64. The number of aliphatic carboxylic acids is 1. The van der Waals surface area contributed by atoms with E-state index >= 15 is 0 Å². The van der Waals surface area contributed by atoms with Gasteiger partial charge in [0.2, 0.25) is 5.91 Å². The maximum Gasteiger partial charge on any atom is 0.490 e. The van der Waals surface area contributed by atoms with E-state index in [0.717, 1.165) is 44.8 Å². The van der Waals surface area contributed by atoms with Gasteiger partial charge in [-0.2, -0.15) is 18.3 Å². The summed E-state index contributed by atoms with van der Waals surface area (Å²) in [6.07, 6.45) is 4.10. The van der Waals surface area contributed by atoms with Gasteiger partial charge in [-0.1, -0.05) is 0 Å². The third-order valence-electron chi connectivity index (χ3n) is 5.86. The van der Waals surface area contributed by atoms with E-state index in [1.54, 1.807) is 19.6 Å². The number of aryl methyl sites for hydroxylation is 1. The van der Waals surface area contributed by atoms with E-state index in [-0.39, 0.29) is 11.9 Å². The summed E-state index contributed by atoms with van der Waals surface area (Å²) in [5.41, 5.74) is 0. The SMILES string of the molecule is CC(=O)N1[C@H](Cn2cncn2)C[C@@H]2CN(Cc3nccn3C)CC[C@@H]21.O=C(O)C(F)(F)F. The van der Waals surface area contributed by atoms with Gasteiger partial charge in [-0.25, -0.2) is 14.8 Å². The van der Waals surface area contributed by atoms with Gasteiger partial charge in [0, 0.05) is 45.5 Å². The van der Waals surface area contributed by atoms with Crippen LogP contribution in [0.5, 0.6) is 0 Å². The molecule has 0 radical (unpaired) electrons. The van der Waals surface area contributed by atoms with Crippen molar-refractivity contribution in [3.8, 4) is 0 Å². The Kier molecular flexibility index (Phi) is 7.16. The number of fused-ring (bicyclic) bond motifs is 1. The number of imidazole rings is 1. The Hall–Kier alpha value is -2.96. The van der Waals surface area contributed by atoms with Crippen molar-refractivity contribution in [3.63, 3.8) is 0 Å². The molecule has 3 atom stereocenters. The number of carbonyl (C=O) groups is 2. The van der Waals surface area contributed by atoms with Crippen molar-refractivity contribution >= 4 is 11.9 Å². The number of rotatable bonds is 4. The van der Waals surface area contributed by atoms with Crippen molar-refractivity contribution < 1.29 is 27.9 Å². The summed E-state index contributed by atoms with van der Waals surface area (Å²) in [6, 6.07) is 0.561. The first-order chi connectivity index (χ1) is 15.1. The molecule has 1 N–H and O–H groups in total. The molecule has 4 heterocycles. The molecule has 2 aromatic heterocycles. The summed E-state index contributed by atoms with van der Waals surface area (Å²) in [7, 11) is 2.04. The number of carboxylic acids is 1. The number of halogens is 3. The van der Waals surface area contributed by atoms with Crippen molar-refractivity contribution in [2.24, 2.45) is 13.0 Å². The summed E-state index contributed by atoms with van der Waals surface area (Å²) in [5, 5.41) is 11.3. The van der Waals surface area contributed by atoms with Crippen LogP contribution in [-0.4, -0.2) is 82.4 Å². The minimum absolute atomic E-state index is 0.176. The van der Waals surface area contributed by atoms with Crippen LogP contribution < -0.4 is 0 Å². The predicted octanol–water partition coefficient (Wildman–Crippen LogP) is 1.16. The molecule has 2 saturated heterocycles. The smallest absolute Gasteiger partial charge is 0.475 e. The van der Waals surface area contributed by atoms with E-state index in [2.05, 4.69) is 29.4 Å². The summed E-state index contributed by atoms with van der Waals surface area (Å²) >= 11 is 0. The summed E-state index contributed by atoms with van der Waals surface area (Å²) in [6.45, 7) is 5.33. The molecule has 32 heavy (non-hydrogen) atoms. The molecule has 2 aliphatic rings. The number of alkyl halides is 3. The molecular weight excluding hydrogens is 431 g/mol. The predicted molar refractivity (Wildman–Crippen MR) is 105 cm³/mol. The molecule has 0 spiro atoms. The molecule has 10 nitrogen and oxygen atoms in total. The zero-order chi connectivity index (χ0) is 23.5. The van der Waals surface area contributed by atoms with Crippen LogP contribution in [-0.2, 0) is 29.7 Å². The van der Waals surface area contributed by atoms with E-state index in [0.29, 0.717) is 12.0 Å². The number of aromatic nitrogens is 5. The molecule has 1 amide bonds. The van der Waals surface area contributed by atoms with E-state index < -0.39 is 12.1 Å². The van der Waals surface area contributed by atoms with Gasteiger partial charge < -0.3 is 14.6 Å². The summed E-state index contributed by atoms with van der Waals surface area (Å²) in [4.78, 5) is 34.2. The average molecular weight is 457 g/mol. The number of carboxylic acid groups (broad SMARTS) is 1. The Bertz CT molecular complexity index is 916. The number of amides is 1. The highest BCUT2D eigenvalue weighted by atomic mass is 19.4. The largest absolute Gasteiger partial charge is 0.490 e. The van der Waals surface area contributed by atoms with Crippen LogP contribution in [0, 0.1) is 5.92 Å². The second kappa shape index (κ2) is 9.67. The minimum atomic E-state index is -5.08. The molecule has 0 aromatic carbocycles. The van der Waals surface area contributed by atoms with Gasteiger partial charge in [-0.3, -0.25) is 14.4 Å². The number of hydrogen-bond acceptors (Lipinski definition) is 6. The van der Waals surface area contributed by atoms with Crippen LogP contribution in [0.15, 0.2) is 25.0 Å². The maximum absolute atomic E-state index is 12.3. The van der Waals surface area contributed by atoms with Crippen LogP contribution in [0.4, 0.5) is 13.2 Å². The lowest BCUT2D eigenvalue weighted by atomic mass is 9.92. The van der Waals surface area contributed by atoms with Gasteiger partial charge in [0.15, 0.2) is 0 Å². The highest BCUT2D eigenvalue weighted by Gasteiger charge is 2.45. The van der Waals surface area contributed by atoms with Crippen LogP contribution in [0.1, 0.15) is 25.6 Å². The number of hydrogen-bond donors (Lipinski definition) is 1. The molecule has 176 valence electrons. The van der Waals surface area contributed by atoms with Gasteiger partial charge in [-0.15, -0.1) is 0 Å². The van der Waals surface area contributed by atoms with E-state index in [1.807, 2.05) is 24.1 Å². The number of nitrogens with zero attached hydrogens (tertiary/aromatic N) is 7. The lowest BCUT2D eigenvalue weighted by Gasteiger charge is -2.38. The first-order valence-corrected chi connectivity index (χ1v) is 10.2. The van der Waals surface area contributed by atoms with E-state index in [9.17, 15) is 18.0 Å². The first kappa shape index (κ1) is 23.7. The quantitative estimate of drug-likeness (QED) is 0.734. The molecule has 2 fully saturated rings. The molecule has 0 unspecified atom stereocenters. The second-order valence-corrected chi connectivity index (χ2v) is 8.04.